The van der Waals surface area contributed by atoms with Crippen LogP contribution in [0.5, 0.6) is 17.2 Å². The topological polar surface area (TPSA) is 141 Å². The molecule has 234 valence electrons. The predicted octanol–water partition coefficient (Wildman–Crippen LogP) is 5.68. The van der Waals surface area contributed by atoms with Gasteiger partial charge in [0.25, 0.3) is 0 Å². The van der Waals surface area contributed by atoms with Gasteiger partial charge in [0.1, 0.15) is 35.3 Å². The molecule has 5 heterocycles. The molecule has 2 N–H and O–H groups in total. The highest BCUT2D eigenvalue weighted by molar-refractivity contribution is 8.06. The Balaban J connectivity index is 1.17. The van der Waals surface area contributed by atoms with Crippen LogP contribution in [-0.4, -0.2) is 83.9 Å². The molecule has 1 aliphatic heterocycles. The zero-order valence-electron chi connectivity index (χ0n) is 25.8. The van der Waals surface area contributed by atoms with E-state index in [1.54, 1.807) is 22.7 Å². The summed E-state index contributed by atoms with van der Waals surface area (Å²) >= 11 is 1.84. The molecule has 45 heavy (non-hydrogen) atoms. The van der Waals surface area contributed by atoms with E-state index in [0.29, 0.717) is 70.4 Å². The maximum Gasteiger partial charge on any atom is 0.410 e. The van der Waals surface area contributed by atoms with Gasteiger partial charge < -0.3 is 29.7 Å². The summed E-state index contributed by atoms with van der Waals surface area (Å²) in [5.41, 5.74) is 3.07. The smallest absolute Gasteiger partial charge is 0.410 e. The Hall–Kier alpha value is -4.85. The zero-order chi connectivity index (χ0) is 31.6. The van der Waals surface area contributed by atoms with Gasteiger partial charge in [0.2, 0.25) is 0 Å². The predicted molar refractivity (Wildman–Crippen MR) is 174 cm³/mol. The molecule has 1 aliphatic rings. The van der Waals surface area contributed by atoms with Crippen molar-refractivity contribution in [2.75, 3.05) is 43.1 Å². The summed E-state index contributed by atoms with van der Waals surface area (Å²) < 4.78 is 19.0. The first kappa shape index (κ1) is 30.2. The van der Waals surface area contributed by atoms with Crippen LogP contribution in [0.1, 0.15) is 26.3 Å². The summed E-state index contributed by atoms with van der Waals surface area (Å²) in [5, 5.41) is 11.3. The number of methoxy groups -OCH3 is 1. The number of fused-ring (bicyclic) bond motifs is 2. The number of carbonyl (C=O) groups excluding carboxylic acids is 1. The van der Waals surface area contributed by atoms with Gasteiger partial charge in [-0.3, -0.25) is 0 Å². The summed E-state index contributed by atoms with van der Waals surface area (Å²) in [6.45, 7) is 9.13. The molecule has 1 fully saturated rings. The van der Waals surface area contributed by atoms with Gasteiger partial charge in [0.05, 0.1) is 12.6 Å². The quantitative estimate of drug-likeness (QED) is 0.174. The van der Waals surface area contributed by atoms with Crippen LogP contribution in [0.3, 0.4) is 0 Å². The van der Waals surface area contributed by atoms with Crippen molar-refractivity contribution in [3.05, 3.63) is 60.8 Å². The van der Waals surface area contributed by atoms with Gasteiger partial charge in [-0.15, -0.1) is 0 Å². The number of aryl methyl sites for hydroxylation is 1. The summed E-state index contributed by atoms with van der Waals surface area (Å²) in [7, 11) is 1.59. The van der Waals surface area contributed by atoms with E-state index in [4.69, 9.17) is 19.2 Å². The van der Waals surface area contributed by atoms with Crippen molar-refractivity contribution < 1.29 is 19.0 Å². The molecular weight excluding hydrogens is 594 g/mol. The maximum atomic E-state index is 12.8. The molecule has 4 aromatic heterocycles. The molecule has 1 unspecified atom stereocenters. The van der Waals surface area contributed by atoms with Crippen LogP contribution in [0.15, 0.2) is 55.2 Å². The van der Waals surface area contributed by atoms with E-state index in [9.17, 15) is 4.79 Å². The first-order valence-corrected chi connectivity index (χ1v) is 15.6. The fraction of sp³-hybridized carbons (Fsp3) is 0.355. The number of aromatic nitrogens is 6. The van der Waals surface area contributed by atoms with Crippen molar-refractivity contribution in [3.63, 3.8) is 0 Å². The standard InChI is InChI=1S/C31H35N9O4S/c1-19-12-20(6-7-24(19)43-21-8-10-40-26(13-21)34-18-36-40)37-29-27-23(33-17-35-29)14-25(42-5)28(38-27)32-9-11-39(15-22-16-45-22)30(41)44-31(2,3)4/h6-8,10,12-14,17-18,22H,9,11,15-16H2,1-5H3,(H,32,38)(H,33,35,37). The summed E-state index contributed by atoms with van der Waals surface area (Å²) in [6, 6.07) is 11.3. The van der Waals surface area contributed by atoms with E-state index in [0.717, 1.165) is 17.0 Å². The SMILES string of the molecule is COc1cc2ncnc(Nc3ccc(Oc4ccn5ncnc5c4)c(C)c3)c2nc1NCCN(CC1CS1)C(=O)OC(C)(C)C. The van der Waals surface area contributed by atoms with Crippen molar-refractivity contribution in [1.29, 1.82) is 0 Å². The van der Waals surface area contributed by atoms with Gasteiger partial charge in [-0.2, -0.15) is 16.9 Å². The molecule has 5 aromatic rings. The minimum atomic E-state index is -0.564. The fourth-order valence-electron chi connectivity index (χ4n) is 4.62. The Morgan fingerprint density at radius 2 is 1.93 bits per heavy atom. The van der Waals surface area contributed by atoms with Crippen LogP contribution in [0, 0.1) is 6.92 Å². The molecular formula is C31H35N9O4S. The van der Waals surface area contributed by atoms with Crippen LogP contribution >= 0.6 is 11.8 Å². The Bertz CT molecular complexity index is 1840. The molecule has 1 saturated heterocycles. The second-order valence-electron chi connectivity index (χ2n) is 11.6. The number of benzene rings is 1. The van der Waals surface area contributed by atoms with Crippen molar-refractivity contribution in [3.8, 4) is 17.2 Å². The highest BCUT2D eigenvalue weighted by atomic mass is 32.2. The largest absolute Gasteiger partial charge is 0.493 e. The van der Waals surface area contributed by atoms with Crippen molar-refractivity contribution in [1.82, 2.24) is 34.4 Å². The van der Waals surface area contributed by atoms with E-state index in [-0.39, 0.29) is 6.09 Å². The third-order valence-electron chi connectivity index (χ3n) is 6.87. The van der Waals surface area contributed by atoms with Gasteiger partial charge in [-0.25, -0.2) is 29.2 Å². The lowest BCUT2D eigenvalue weighted by molar-refractivity contribution is 0.0263. The van der Waals surface area contributed by atoms with Crippen LogP contribution < -0.4 is 20.1 Å². The van der Waals surface area contributed by atoms with Gasteiger partial charge >= 0.3 is 6.09 Å². The maximum absolute atomic E-state index is 12.8. The highest BCUT2D eigenvalue weighted by Gasteiger charge is 2.30. The monoisotopic (exact) mass is 629 g/mol. The molecule has 1 aromatic carbocycles. The minimum Gasteiger partial charge on any atom is -0.493 e. The van der Waals surface area contributed by atoms with Gasteiger partial charge in [-0.05, 0) is 57.5 Å². The Morgan fingerprint density at radius 3 is 2.69 bits per heavy atom. The lowest BCUT2D eigenvalue weighted by Gasteiger charge is -2.27. The lowest BCUT2D eigenvalue weighted by atomic mass is 10.2. The molecule has 13 nitrogen and oxygen atoms in total. The van der Waals surface area contributed by atoms with E-state index in [1.807, 2.05) is 75.9 Å². The van der Waals surface area contributed by atoms with E-state index in [2.05, 4.69) is 30.7 Å². The second kappa shape index (κ2) is 12.6. The number of pyridine rings is 2. The number of hydrogen-bond donors (Lipinski definition) is 2. The molecule has 0 spiro atoms. The molecule has 14 heteroatoms. The Morgan fingerprint density at radius 1 is 1.09 bits per heavy atom. The average Bonchev–Trinajstić information content (AvgIpc) is 3.70. The number of rotatable bonds is 11. The molecule has 1 amide bonds. The highest BCUT2D eigenvalue weighted by Crippen LogP contribution is 2.33. The third kappa shape index (κ3) is 7.45. The molecule has 6 rings (SSSR count). The van der Waals surface area contributed by atoms with Crippen molar-refractivity contribution in [2.45, 2.75) is 38.5 Å². The summed E-state index contributed by atoms with van der Waals surface area (Å²) in [6.07, 6.45) is 4.47. The Labute approximate surface area is 264 Å². The average molecular weight is 630 g/mol. The molecule has 0 bridgehead atoms. The molecule has 0 aliphatic carbocycles. The molecule has 0 radical (unpaired) electrons. The van der Waals surface area contributed by atoms with Gasteiger partial charge in [-0.1, -0.05) is 0 Å². The van der Waals surface area contributed by atoms with E-state index in [1.165, 1.54) is 12.7 Å². The Kier molecular flexibility index (Phi) is 8.48. The van der Waals surface area contributed by atoms with Crippen molar-refractivity contribution in [2.24, 2.45) is 0 Å². The lowest BCUT2D eigenvalue weighted by Crippen LogP contribution is -2.41. The number of anilines is 3. The number of nitrogens with one attached hydrogen (secondary N) is 2. The fourth-order valence-corrected chi connectivity index (χ4v) is 5.15. The summed E-state index contributed by atoms with van der Waals surface area (Å²) in [5.74, 6) is 4.04. The van der Waals surface area contributed by atoms with Gasteiger partial charge in [0, 0.05) is 54.7 Å². The van der Waals surface area contributed by atoms with Gasteiger partial charge in [0.15, 0.2) is 23.0 Å². The summed E-state index contributed by atoms with van der Waals surface area (Å²) in [4.78, 5) is 32.5. The molecule has 1 atom stereocenters. The minimum absolute atomic E-state index is 0.321. The molecule has 0 saturated carbocycles. The number of thioether (sulfide) groups is 1. The van der Waals surface area contributed by atoms with Crippen LogP contribution in [0.4, 0.5) is 22.1 Å². The zero-order valence-corrected chi connectivity index (χ0v) is 26.6. The third-order valence-corrected chi connectivity index (χ3v) is 7.82. The van der Waals surface area contributed by atoms with Crippen LogP contribution in [0.2, 0.25) is 0 Å². The first-order valence-electron chi connectivity index (χ1n) is 14.5. The van der Waals surface area contributed by atoms with Crippen molar-refractivity contribution >= 4 is 51.9 Å². The number of carbonyl (C=O) groups is 1. The normalized spacial score (nSPS) is 14.3. The number of hydrogen-bond acceptors (Lipinski definition) is 12. The van der Waals surface area contributed by atoms with Crippen LogP contribution in [0.25, 0.3) is 16.7 Å². The van der Waals surface area contributed by atoms with Crippen LogP contribution in [-0.2, 0) is 4.74 Å². The second-order valence-corrected chi connectivity index (χ2v) is 12.9. The number of ether oxygens (including phenoxy) is 3. The number of nitrogens with zero attached hydrogens (tertiary/aromatic N) is 7. The number of amides is 1. The first-order chi connectivity index (χ1) is 21.6. The van der Waals surface area contributed by atoms with E-state index < -0.39 is 5.60 Å². The van der Waals surface area contributed by atoms with E-state index >= 15 is 0 Å².